The van der Waals surface area contributed by atoms with Crippen LogP contribution in [-0.2, 0) is 0 Å². The van der Waals surface area contributed by atoms with Gasteiger partial charge in [0.25, 0.3) is 0 Å². The average Bonchev–Trinajstić information content (AvgIpc) is 3.24. The molecule has 5 nitrogen and oxygen atoms in total. The number of thiazole rings is 1. The molecule has 0 aliphatic heterocycles. The van der Waals surface area contributed by atoms with E-state index in [0.717, 1.165) is 39.8 Å². The summed E-state index contributed by atoms with van der Waals surface area (Å²) in [6.45, 7) is 12.3. The van der Waals surface area contributed by atoms with E-state index in [1.165, 1.54) is 11.3 Å². The van der Waals surface area contributed by atoms with Gasteiger partial charge in [-0.25, -0.2) is 4.98 Å². The van der Waals surface area contributed by atoms with Crippen LogP contribution in [0.3, 0.4) is 0 Å². The second kappa shape index (κ2) is 11.5. The standard InChI is InChI=1S/C18H21N3O2S.2C2H6/c1-5-10(2)16-15(23-4)7-6-11-14(22)8-12(20-17(11)16)13-9-24-18(19-3)21-13;2*1-2/h6-10H,5H2,1-4H3,(H,19,21)(H,20,22);2*1-2H3. The van der Waals surface area contributed by atoms with E-state index in [4.69, 9.17) is 4.74 Å². The van der Waals surface area contributed by atoms with Gasteiger partial charge in [-0.2, -0.15) is 0 Å². The minimum absolute atomic E-state index is 0.00929. The monoisotopic (exact) mass is 403 g/mol. The topological polar surface area (TPSA) is 67.0 Å². The lowest BCUT2D eigenvalue weighted by molar-refractivity contribution is 0.407. The Bertz CT molecular complexity index is 931. The van der Waals surface area contributed by atoms with E-state index in [2.05, 4.69) is 29.1 Å². The van der Waals surface area contributed by atoms with Gasteiger partial charge in [0, 0.05) is 29.4 Å². The molecule has 1 aromatic carbocycles. The van der Waals surface area contributed by atoms with Gasteiger partial charge in [0.1, 0.15) is 5.75 Å². The van der Waals surface area contributed by atoms with Crippen LogP contribution in [0.5, 0.6) is 5.75 Å². The summed E-state index contributed by atoms with van der Waals surface area (Å²) in [5.74, 6) is 1.08. The van der Waals surface area contributed by atoms with Gasteiger partial charge < -0.3 is 15.0 Å². The molecular formula is C22H33N3O2S. The fraction of sp³-hybridized carbons (Fsp3) is 0.455. The van der Waals surface area contributed by atoms with Crippen molar-refractivity contribution < 1.29 is 4.74 Å². The summed E-state index contributed by atoms with van der Waals surface area (Å²) in [6, 6.07) is 5.31. The summed E-state index contributed by atoms with van der Waals surface area (Å²) in [7, 11) is 3.49. The first kappa shape index (κ1) is 23.7. The molecule has 0 aliphatic carbocycles. The van der Waals surface area contributed by atoms with Crippen LogP contribution in [0.15, 0.2) is 28.4 Å². The minimum Gasteiger partial charge on any atom is -0.496 e. The van der Waals surface area contributed by atoms with Crippen LogP contribution in [0.2, 0.25) is 0 Å². The third-order valence-electron chi connectivity index (χ3n) is 4.33. The first-order chi connectivity index (χ1) is 13.6. The summed E-state index contributed by atoms with van der Waals surface area (Å²) in [4.78, 5) is 20.5. The highest BCUT2D eigenvalue weighted by atomic mass is 32.1. The lowest BCUT2D eigenvalue weighted by Crippen LogP contribution is -2.07. The SMILES string of the molecule is CC.CC.CCC(C)c1c(OC)ccc2c(=O)cc(-c3csc(NC)n3)[nH]c12. The van der Waals surface area contributed by atoms with E-state index < -0.39 is 0 Å². The molecule has 0 amide bonds. The molecule has 3 rings (SSSR count). The van der Waals surface area contributed by atoms with Crippen LogP contribution in [0.1, 0.15) is 59.4 Å². The number of rotatable bonds is 5. The molecule has 3 aromatic rings. The van der Waals surface area contributed by atoms with E-state index in [0.29, 0.717) is 5.39 Å². The van der Waals surface area contributed by atoms with Gasteiger partial charge >= 0.3 is 0 Å². The van der Waals surface area contributed by atoms with Crippen molar-refractivity contribution in [1.29, 1.82) is 0 Å². The number of aromatic amines is 1. The average molecular weight is 404 g/mol. The highest BCUT2D eigenvalue weighted by molar-refractivity contribution is 7.14. The zero-order chi connectivity index (χ0) is 21.3. The number of nitrogens with one attached hydrogen (secondary N) is 2. The second-order valence-electron chi connectivity index (χ2n) is 5.75. The summed E-state index contributed by atoms with van der Waals surface area (Å²) < 4.78 is 5.54. The molecule has 6 heteroatoms. The summed E-state index contributed by atoms with van der Waals surface area (Å²) in [6.07, 6.45) is 0.961. The first-order valence-corrected chi connectivity index (χ1v) is 10.8. The molecule has 1 unspecified atom stereocenters. The van der Waals surface area contributed by atoms with E-state index in [-0.39, 0.29) is 11.3 Å². The molecule has 0 saturated carbocycles. The van der Waals surface area contributed by atoms with Crippen molar-refractivity contribution in [3.63, 3.8) is 0 Å². The molecule has 0 saturated heterocycles. The molecule has 0 radical (unpaired) electrons. The number of nitrogens with zero attached hydrogens (tertiary/aromatic N) is 1. The molecule has 28 heavy (non-hydrogen) atoms. The van der Waals surface area contributed by atoms with Crippen LogP contribution < -0.4 is 15.5 Å². The highest BCUT2D eigenvalue weighted by Gasteiger charge is 2.17. The molecule has 2 heterocycles. The van der Waals surface area contributed by atoms with Crippen LogP contribution in [0.25, 0.3) is 22.3 Å². The molecule has 0 spiro atoms. The molecule has 0 bridgehead atoms. The van der Waals surface area contributed by atoms with Crippen molar-refractivity contribution in [3.05, 3.63) is 39.4 Å². The van der Waals surface area contributed by atoms with Gasteiger partial charge in [0.2, 0.25) is 0 Å². The van der Waals surface area contributed by atoms with Crippen molar-refractivity contribution in [2.45, 2.75) is 53.9 Å². The molecular weight excluding hydrogens is 370 g/mol. The lowest BCUT2D eigenvalue weighted by Gasteiger charge is -2.17. The summed E-state index contributed by atoms with van der Waals surface area (Å²) in [5, 5.41) is 6.46. The smallest absolute Gasteiger partial charge is 0.190 e. The minimum atomic E-state index is -0.00929. The molecule has 0 fully saturated rings. The first-order valence-electron chi connectivity index (χ1n) is 9.96. The number of anilines is 1. The number of hydrogen-bond acceptors (Lipinski definition) is 5. The Labute approximate surface area is 172 Å². The Balaban J connectivity index is 0.000000921. The zero-order valence-corrected chi connectivity index (χ0v) is 19.1. The van der Waals surface area contributed by atoms with E-state index in [1.807, 2.05) is 52.3 Å². The van der Waals surface area contributed by atoms with Gasteiger partial charge in [0.05, 0.1) is 24.0 Å². The second-order valence-corrected chi connectivity index (χ2v) is 6.61. The maximum atomic E-state index is 12.6. The fourth-order valence-electron chi connectivity index (χ4n) is 2.84. The van der Waals surface area contributed by atoms with Crippen LogP contribution in [0, 0.1) is 0 Å². The number of pyridine rings is 1. The number of benzene rings is 1. The van der Waals surface area contributed by atoms with Gasteiger partial charge in [0.15, 0.2) is 10.6 Å². The predicted octanol–water partition coefficient (Wildman–Crippen LogP) is 6.27. The van der Waals surface area contributed by atoms with E-state index in [1.54, 1.807) is 13.2 Å². The van der Waals surface area contributed by atoms with Crippen molar-refractivity contribution in [3.8, 4) is 17.1 Å². The summed E-state index contributed by atoms with van der Waals surface area (Å²) in [5.41, 5.74) is 3.36. The number of H-pyrrole nitrogens is 1. The van der Waals surface area contributed by atoms with Gasteiger partial charge in [-0.1, -0.05) is 41.5 Å². The molecule has 2 N–H and O–H groups in total. The Morgan fingerprint density at radius 2 is 1.93 bits per heavy atom. The summed E-state index contributed by atoms with van der Waals surface area (Å²) >= 11 is 1.51. The Hall–Kier alpha value is -2.34. The van der Waals surface area contributed by atoms with Gasteiger partial charge in [-0.3, -0.25) is 4.79 Å². The largest absolute Gasteiger partial charge is 0.496 e. The molecule has 154 valence electrons. The maximum absolute atomic E-state index is 12.6. The van der Waals surface area contributed by atoms with Crippen molar-refractivity contribution in [2.75, 3.05) is 19.5 Å². The van der Waals surface area contributed by atoms with Crippen LogP contribution >= 0.6 is 11.3 Å². The van der Waals surface area contributed by atoms with Gasteiger partial charge in [-0.05, 0) is 24.5 Å². The lowest BCUT2D eigenvalue weighted by atomic mass is 9.94. The zero-order valence-electron chi connectivity index (χ0n) is 18.3. The normalized spacial score (nSPS) is 11.0. The number of fused-ring (bicyclic) bond motifs is 1. The number of aromatic nitrogens is 2. The molecule has 2 aromatic heterocycles. The number of ether oxygens (including phenoxy) is 1. The highest BCUT2D eigenvalue weighted by Crippen LogP contribution is 2.34. The van der Waals surface area contributed by atoms with Crippen molar-refractivity contribution in [1.82, 2.24) is 9.97 Å². The third-order valence-corrected chi connectivity index (χ3v) is 5.18. The van der Waals surface area contributed by atoms with Gasteiger partial charge in [-0.15, -0.1) is 11.3 Å². The van der Waals surface area contributed by atoms with Crippen molar-refractivity contribution in [2.24, 2.45) is 0 Å². The van der Waals surface area contributed by atoms with E-state index in [9.17, 15) is 4.79 Å². The fourth-order valence-corrected chi connectivity index (χ4v) is 3.51. The quantitative estimate of drug-likeness (QED) is 0.527. The van der Waals surface area contributed by atoms with Crippen LogP contribution in [-0.4, -0.2) is 24.1 Å². The van der Waals surface area contributed by atoms with Crippen molar-refractivity contribution >= 4 is 27.4 Å². The third kappa shape index (κ3) is 4.93. The van der Waals surface area contributed by atoms with Crippen LogP contribution in [0.4, 0.5) is 5.13 Å². The number of methoxy groups -OCH3 is 1. The predicted molar refractivity (Wildman–Crippen MR) is 123 cm³/mol. The maximum Gasteiger partial charge on any atom is 0.190 e. The molecule has 0 aliphatic rings. The molecule has 1 atom stereocenters. The Kier molecular flexibility index (Phi) is 9.73. The Morgan fingerprint density at radius 1 is 1.25 bits per heavy atom. The number of hydrogen-bond donors (Lipinski definition) is 2. The Morgan fingerprint density at radius 3 is 2.46 bits per heavy atom. The van der Waals surface area contributed by atoms with E-state index >= 15 is 0 Å².